The maximum absolute atomic E-state index is 13.4. The van der Waals surface area contributed by atoms with E-state index < -0.39 is 66.2 Å². The third-order valence-corrected chi connectivity index (χ3v) is 4.27. The molecule has 3 N–H and O–H groups in total. The highest BCUT2D eigenvalue weighted by atomic mass is 32.2. The number of aliphatic hydroxyl groups is 1. The number of hydrogen-bond donors (Lipinski definition) is 2. The van der Waals surface area contributed by atoms with Gasteiger partial charge in [-0.25, -0.2) is 31.1 Å². The van der Waals surface area contributed by atoms with Crippen molar-refractivity contribution in [2.75, 3.05) is 12.4 Å². The van der Waals surface area contributed by atoms with Crippen LogP contribution in [0.3, 0.4) is 0 Å². The molecule has 1 atom stereocenters. The summed E-state index contributed by atoms with van der Waals surface area (Å²) in [4.78, 5) is -3.47. The van der Waals surface area contributed by atoms with Crippen molar-refractivity contribution >= 4 is 20.8 Å². The molecule has 0 radical (unpaired) electrons. The summed E-state index contributed by atoms with van der Waals surface area (Å²) >= 11 is 0. The minimum Gasteiger partial charge on any atom is -0.395 e. The Balaban J connectivity index is 3.71. The second kappa shape index (κ2) is 5.53. The third-order valence-electron chi connectivity index (χ3n) is 1.97. The summed E-state index contributed by atoms with van der Waals surface area (Å²) in [5.74, 6) is -9.46. The highest BCUT2D eigenvalue weighted by Crippen LogP contribution is 2.28. The molecule has 0 heterocycles. The second-order valence-corrected chi connectivity index (χ2v) is 6.24. The van der Waals surface area contributed by atoms with Crippen LogP contribution in [0.2, 0.25) is 0 Å². The zero-order valence-electron chi connectivity index (χ0n) is 8.99. The van der Waals surface area contributed by atoms with Gasteiger partial charge in [0.1, 0.15) is 4.90 Å². The standard InChI is InChI=1S/C8H7F4NO4S2/c9-3-5(11)8(19(13,16)17)6(12)4(10)7(3)18(15)2-1-14/h14H,1-2H2,(H2,13,16,17). The summed E-state index contributed by atoms with van der Waals surface area (Å²) in [5.41, 5.74) is 0. The smallest absolute Gasteiger partial charge is 0.244 e. The van der Waals surface area contributed by atoms with Gasteiger partial charge >= 0.3 is 0 Å². The summed E-state index contributed by atoms with van der Waals surface area (Å²) in [6, 6.07) is 0. The maximum Gasteiger partial charge on any atom is 0.244 e. The summed E-state index contributed by atoms with van der Waals surface area (Å²) in [7, 11) is -7.62. The van der Waals surface area contributed by atoms with Gasteiger partial charge < -0.3 is 5.11 Å². The van der Waals surface area contributed by atoms with Gasteiger partial charge in [0.05, 0.1) is 23.2 Å². The van der Waals surface area contributed by atoms with E-state index in [-0.39, 0.29) is 0 Å². The van der Waals surface area contributed by atoms with Gasteiger partial charge in [0.15, 0.2) is 28.2 Å². The first-order valence-corrected chi connectivity index (χ1v) is 7.37. The van der Waals surface area contributed by atoms with Crippen LogP contribution in [0.4, 0.5) is 17.6 Å². The molecule has 0 aliphatic rings. The molecule has 0 saturated carbocycles. The number of aliphatic hydroxyl groups excluding tert-OH is 1. The molecule has 0 fully saturated rings. The van der Waals surface area contributed by atoms with E-state index in [0.29, 0.717) is 0 Å². The van der Waals surface area contributed by atoms with Gasteiger partial charge in [-0.05, 0) is 0 Å². The lowest BCUT2D eigenvalue weighted by atomic mass is 10.3. The van der Waals surface area contributed by atoms with Crippen molar-refractivity contribution in [1.82, 2.24) is 0 Å². The zero-order chi connectivity index (χ0) is 15.0. The molecule has 0 aromatic heterocycles. The summed E-state index contributed by atoms with van der Waals surface area (Å²) in [6.45, 7) is -0.758. The van der Waals surface area contributed by atoms with Crippen molar-refractivity contribution in [3.05, 3.63) is 23.3 Å². The van der Waals surface area contributed by atoms with E-state index in [1.165, 1.54) is 0 Å². The fraction of sp³-hybridized carbons (Fsp3) is 0.250. The van der Waals surface area contributed by atoms with Crippen LogP contribution in [0, 0.1) is 23.3 Å². The summed E-state index contributed by atoms with van der Waals surface area (Å²) in [6.07, 6.45) is 0. The normalized spacial score (nSPS) is 13.6. The minimum atomic E-state index is -5.04. The lowest BCUT2D eigenvalue weighted by Gasteiger charge is -2.09. The average Bonchev–Trinajstić information content (AvgIpc) is 2.25. The van der Waals surface area contributed by atoms with Crippen molar-refractivity contribution in [2.45, 2.75) is 9.79 Å². The Morgan fingerprint density at radius 1 is 1.05 bits per heavy atom. The molecular formula is C8H7F4NO4S2. The van der Waals surface area contributed by atoms with Gasteiger partial charge in [0, 0.05) is 0 Å². The van der Waals surface area contributed by atoms with E-state index in [0.717, 1.165) is 0 Å². The van der Waals surface area contributed by atoms with E-state index in [1.807, 2.05) is 0 Å². The van der Waals surface area contributed by atoms with Crippen molar-refractivity contribution in [2.24, 2.45) is 5.14 Å². The highest BCUT2D eigenvalue weighted by molar-refractivity contribution is 7.89. The number of rotatable bonds is 4. The number of sulfonamides is 1. The number of nitrogens with two attached hydrogens (primary N) is 1. The SMILES string of the molecule is NS(=O)(=O)c1c(F)c(F)c(S(=O)CCO)c(F)c1F. The molecule has 5 nitrogen and oxygen atoms in total. The van der Waals surface area contributed by atoms with Crippen LogP contribution in [0.25, 0.3) is 0 Å². The van der Waals surface area contributed by atoms with Crippen molar-refractivity contribution in [3.8, 4) is 0 Å². The Labute approximate surface area is 107 Å². The van der Waals surface area contributed by atoms with E-state index in [4.69, 9.17) is 5.11 Å². The first kappa shape index (κ1) is 16.0. The van der Waals surface area contributed by atoms with Crippen LogP contribution >= 0.6 is 0 Å². The topological polar surface area (TPSA) is 97.5 Å². The first-order chi connectivity index (χ1) is 8.62. The van der Waals surface area contributed by atoms with E-state index in [2.05, 4.69) is 5.14 Å². The zero-order valence-corrected chi connectivity index (χ0v) is 10.6. The van der Waals surface area contributed by atoms with Crippen LogP contribution in [-0.2, 0) is 20.8 Å². The molecule has 0 spiro atoms. The Morgan fingerprint density at radius 2 is 1.47 bits per heavy atom. The first-order valence-electron chi connectivity index (χ1n) is 4.50. The van der Waals surface area contributed by atoms with Gasteiger partial charge in [-0.1, -0.05) is 0 Å². The van der Waals surface area contributed by atoms with Crippen LogP contribution in [-0.4, -0.2) is 30.1 Å². The second-order valence-electron chi connectivity index (χ2n) is 3.23. The lowest BCUT2D eigenvalue weighted by molar-refractivity contribution is 0.320. The lowest BCUT2D eigenvalue weighted by Crippen LogP contribution is -2.20. The van der Waals surface area contributed by atoms with Crippen LogP contribution in [0.1, 0.15) is 0 Å². The van der Waals surface area contributed by atoms with E-state index >= 15 is 0 Å². The fourth-order valence-electron chi connectivity index (χ4n) is 1.23. The third kappa shape index (κ3) is 2.94. The Kier molecular flexibility index (Phi) is 4.66. The van der Waals surface area contributed by atoms with Crippen LogP contribution < -0.4 is 5.14 Å². The molecule has 1 aromatic rings. The van der Waals surface area contributed by atoms with Crippen LogP contribution in [0.5, 0.6) is 0 Å². The molecule has 19 heavy (non-hydrogen) atoms. The van der Waals surface area contributed by atoms with Gasteiger partial charge in [-0.15, -0.1) is 0 Å². The number of primary sulfonamides is 1. The molecule has 1 rings (SSSR count). The monoisotopic (exact) mass is 321 g/mol. The number of hydrogen-bond acceptors (Lipinski definition) is 4. The largest absolute Gasteiger partial charge is 0.395 e. The summed E-state index contributed by atoms with van der Waals surface area (Å²) < 4.78 is 86.6. The molecule has 1 unspecified atom stereocenters. The fourth-order valence-corrected chi connectivity index (χ4v) is 2.85. The molecule has 108 valence electrons. The Bertz CT molecular complexity index is 618. The number of halogens is 4. The molecule has 0 bridgehead atoms. The van der Waals surface area contributed by atoms with Gasteiger partial charge in [-0.2, -0.15) is 0 Å². The van der Waals surface area contributed by atoms with Crippen molar-refractivity contribution in [3.63, 3.8) is 0 Å². The Morgan fingerprint density at radius 3 is 1.79 bits per heavy atom. The summed E-state index contributed by atoms with van der Waals surface area (Å²) in [5, 5.41) is 12.9. The molecule has 0 aliphatic heterocycles. The van der Waals surface area contributed by atoms with Gasteiger partial charge in [0.25, 0.3) is 0 Å². The molecule has 11 heteroatoms. The minimum absolute atomic E-state index is 0.679. The van der Waals surface area contributed by atoms with Gasteiger partial charge in [0.2, 0.25) is 10.0 Å². The molecular weight excluding hydrogens is 314 g/mol. The van der Waals surface area contributed by atoms with E-state index in [9.17, 15) is 30.2 Å². The number of benzene rings is 1. The molecule has 0 amide bonds. The predicted octanol–water partition coefficient (Wildman–Crippen LogP) is -0.00970. The molecule has 1 aromatic carbocycles. The quantitative estimate of drug-likeness (QED) is 0.602. The van der Waals surface area contributed by atoms with Crippen molar-refractivity contribution in [1.29, 1.82) is 0 Å². The molecule has 0 saturated heterocycles. The Hall–Kier alpha value is -1.04. The van der Waals surface area contributed by atoms with Crippen LogP contribution in [0.15, 0.2) is 9.79 Å². The molecule has 0 aliphatic carbocycles. The predicted molar refractivity (Wildman–Crippen MR) is 56.0 cm³/mol. The highest BCUT2D eigenvalue weighted by Gasteiger charge is 2.33. The van der Waals surface area contributed by atoms with Gasteiger partial charge in [-0.3, -0.25) is 4.21 Å². The van der Waals surface area contributed by atoms with E-state index in [1.54, 1.807) is 0 Å². The average molecular weight is 321 g/mol. The maximum atomic E-state index is 13.4. The van der Waals surface area contributed by atoms with Crippen molar-refractivity contribution < 1.29 is 35.3 Å².